The zero-order chi connectivity index (χ0) is 16.7. The first-order valence-electron chi connectivity index (χ1n) is 7.62. The van der Waals surface area contributed by atoms with Crippen molar-refractivity contribution in [1.29, 1.82) is 0 Å². The minimum absolute atomic E-state index is 0.103. The number of aromatic nitrogens is 2. The van der Waals surface area contributed by atoms with E-state index in [1.165, 1.54) is 30.0 Å². The number of nitrogens with one attached hydrogen (secondary N) is 1. The maximum Gasteiger partial charge on any atom is 0.330 e. The van der Waals surface area contributed by atoms with Gasteiger partial charge < -0.3 is 9.88 Å². The topological polar surface area (TPSA) is 73.1 Å². The van der Waals surface area contributed by atoms with Crippen LogP contribution in [-0.4, -0.2) is 21.1 Å². The number of unbranched alkanes of at least 4 members (excludes halogenated alkanes) is 2. The number of carbonyl (C=O) groups excluding carboxylic acids is 1. The van der Waals surface area contributed by atoms with E-state index in [4.69, 9.17) is 0 Å². The molecule has 0 aliphatic carbocycles. The summed E-state index contributed by atoms with van der Waals surface area (Å²) in [6, 6.07) is 0.103. The molecule has 1 amide bonds. The van der Waals surface area contributed by atoms with Crippen molar-refractivity contribution in [2.24, 2.45) is 14.1 Å². The SMILES string of the molecule is CCCCCC(C)NC(=O)/C=C/c1cn(C)c(=O)n(C)c1=O. The summed E-state index contributed by atoms with van der Waals surface area (Å²) in [7, 11) is 2.98. The van der Waals surface area contributed by atoms with Gasteiger partial charge in [-0.25, -0.2) is 4.79 Å². The minimum Gasteiger partial charge on any atom is -0.350 e. The number of aryl methyl sites for hydroxylation is 1. The first-order valence-corrected chi connectivity index (χ1v) is 7.62. The zero-order valence-electron chi connectivity index (χ0n) is 13.8. The molecule has 1 N–H and O–H groups in total. The van der Waals surface area contributed by atoms with Crippen molar-refractivity contribution in [3.8, 4) is 0 Å². The lowest BCUT2D eigenvalue weighted by atomic mass is 10.1. The molecule has 0 saturated carbocycles. The second-order valence-electron chi connectivity index (χ2n) is 5.58. The molecule has 1 unspecified atom stereocenters. The number of nitrogens with zero attached hydrogens (tertiary/aromatic N) is 2. The molecule has 1 aromatic rings. The first-order chi connectivity index (χ1) is 10.4. The Bertz CT molecular complexity index is 656. The maximum absolute atomic E-state index is 11.9. The van der Waals surface area contributed by atoms with Gasteiger partial charge in [0.2, 0.25) is 5.91 Å². The van der Waals surface area contributed by atoms with Gasteiger partial charge in [-0.2, -0.15) is 0 Å². The van der Waals surface area contributed by atoms with E-state index in [0.717, 1.165) is 30.3 Å². The molecule has 1 heterocycles. The summed E-state index contributed by atoms with van der Waals surface area (Å²) in [5.74, 6) is -0.236. The van der Waals surface area contributed by atoms with Gasteiger partial charge in [-0.15, -0.1) is 0 Å². The van der Waals surface area contributed by atoms with Crippen LogP contribution in [0.3, 0.4) is 0 Å². The van der Waals surface area contributed by atoms with E-state index in [9.17, 15) is 14.4 Å². The van der Waals surface area contributed by atoms with E-state index in [2.05, 4.69) is 12.2 Å². The smallest absolute Gasteiger partial charge is 0.330 e. The highest BCUT2D eigenvalue weighted by Crippen LogP contribution is 2.02. The Morgan fingerprint density at radius 1 is 1.32 bits per heavy atom. The van der Waals surface area contributed by atoms with Gasteiger partial charge in [0.05, 0.1) is 5.56 Å². The Morgan fingerprint density at radius 2 is 2.00 bits per heavy atom. The molecule has 0 aliphatic heterocycles. The molecule has 1 aromatic heterocycles. The number of hydrogen-bond donors (Lipinski definition) is 1. The highest BCUT2D eigenvalue weighted by Gasteiger charge is 2.06. The Morgan fingerprint density at radius 3 is 2.64 bits per heavy atom. The lowest BCUT2D eigenvalue weighted by molar-refractivity contribution is -0.117. The van der Waals surface area contributed by atoms with Gasteiger partial charge in [-0.3, -0.25) is 14.2 Å². The van der Waals surface area contributed by atoms with Crippen molar-refractivity contribution < 1.29 is 4.79 Å². The second-order valence-corrected chi connectivity index (χ2v) is 5.58. The number of amides is 1. The second kappa shape index (κ2) is 8.36. The van der Waals surface area contributed by atoms with Crippen LogP contribution in [0, 0.1) is 0 Å². The Hall–Kier alpha value is -2.11. The Kier molecular flexibility index (Phi) is 6.82. The monoisotopic (exact) mass is 307 g/mol. The van der Waals surface area contributed by atoms with Gasteiger partial charge in [0, 0.05) is 32.4 Å². The molecular formula is C16H25N3O3. The maximum atomic E-state index is 11.9. The van der Waals surface area contributed by atoms with Crippen molar-refractivity contribution in [1.82, 2.24) is 14.5 Å². The van der Waals surface area contributed by atoms with Gasteiger partial charge in [0.15, 0.2) is 0 Å². The molecule has 6 heteroatoms. The van der Waals surface area contributed by atoms with E-state index in [1.807, 2.05) is 6.92 Å². The fourth-order valence-corrected chi connectivity index (χ4v) is 2.18. The molecule has 122 valence electrons. The molecule has 0 aliphatic rings. The van der Waals surface area contributed by atoms with Gasteiger partial charge in [0.25, 0.3) is 5.56 Å². The average Bonchev–Trinajstić information content (AvgIpc) is 2.47. The van der Waals surface area contributed by atoms with E-state index < -0.39 is 11.2 Å². The molecular weight excluding hydrogens is 282 g/mol. The molecule has 0 fully saturated rings. The highest BCUT2D eigenvalue weighted by molar-refractivity contribution is 5.91. The Balaban J connectivity index is 2.71. The van der Waals surface area contributed by atoms with E-state index >= 15 is 0 Å². The van der Waals surface area contributed by atoms with Crippen molar-refractivity contribution in [3.63, 3.8) is 0 Å². The summed E-state index contributed by atoms with van der Waals surface area (Å²) in [5, 5.41) is 2.87. The minimum atomic E-state index is -0.414. The summed E-state index contributed by atoms with van der Waals surface area (Å²) < 4.78 is 2.33. The van der Waals surface area contributed by atoms with Gasteiger partial charge >= 0.3 is 5.69 Å². The van der Waals surface area contributed by atoms with Crippen LogP contribution >= 0.6 is 0 Å². The van der Waals surface area contributed by atoms with Crippen LogP contribution in [0.2, 0.25) is 0 Å². The van der Waals surface area contributed by atoms with E-state index in [0.29, 0.717) is 5.56 Å². The summed E-state index contributed by atoms with van der Waals surface area (Å²) in [5.41, 5.74) is -0.502. The predicted octanol–water partition coefficient (Wildman–Crippen LogP) is 1.18. The van der Waals surface area contributed by atoms with Crippen LogP contribution in [0.15, 0.2) is 21.9 Å². The van der Waals surface area contributed by atoms with Gasteiger partial charge in [-0.05, 0) is 19.4 Å². The summed E-state index contributed by atoms with van der Waals surface area (Å²) in [6.45, 7) is 4.10. The lowest BCUT2D eigenvalue weighted by Crippen LogP contribution is -2.37. The molecule has 0 saturated heterocycles. The zero-order valence-corrected chi connectivity index (χ0v) is 13.8. The number of carbonyl (C=O) groups is 1. The van der Waals surface area contributed by atoms with Crippen molar-refractivity contribution in [2.75, 3.05) is 0 Å². The summed E-state index contributed by atoms with van der Waals surface area (Å²) in [4.78, 5) is 35.3. The largest absolute Gasteiger partial charge is 0.350 e. The molecule has 6 nitrogen and oxygen atoms in total. The van der Waals surface area contributed by atoms with Crippen molar-refractivity contribution in [3.05, 3.63) is 38.7 Å². The molecule has 1 rings (SSSR count). The molecule has 0 spiro atoms. The Labute approximate surface area is 130 Å². The van der Waals surface area contributed by atoms with Crippen molar-refractivity contribution >= 4 is 12.0 Å². The molecule has 0 bridgehead atoms. The third kappa shape index (κ3) is 5.02. The van der Waals surface area contributed by atoms with Crippen LogP contribution in [0.4, 0.5) is 0 Å². The van der Waals surface area contributed by atoms with Crippen LogP contribution in [0.25, 0.3) is 6.08 Å². The molecule has 0 radical (unpaired) electrons. The number of rotatable bonds is 7. The third-order valence-corrected chi connectivity index (χ3v) is 3.52. The fraction of sp³-hybridized carbons (Fsp3) is 0.562. The molecule has 22 heavy (non-hydrogen) atoms. The van der Waals surface area contributed by atoms with Gasteiger partial charge in [-0.1, -0.05) is 26.2 Å². The predicted molar refractivity (Wildman–Crippen MR) is 87.7 cm³/mol. The standard InChI is InChI=1S/C16H25N3O3/c1-5-6-7-8-12(2)17-14(20)10-9-13-11-18(3)16(22)19(4)15(13)21/h9-12H,5-8H2,1-4H3,(H,17,20)/b10-9+. The third-order valence-electron chi connectivity index (χ3n) is 3.52. The number of hydrogen-bond acceptors (Lipinski definition) is 3. The van der Waals surface area contributed by atoms with E-state index in [-0.39, 0.29) is 11.9 Å². The quantitative estimate of drug-likeness (QED) is 0.607. The summed E-state index contributed by atoms with van der Waals surface area (Å²) >= 11 is 0. The highest BCUT2D eigenvalue weighted by atomic mass is 16.2. The normalized spacial score (nSPS) is 12.5. The van der Waals surface area contributed by atoms with Crippen LogP contribution in [-0.2, 0) is 18.9 Å². The van der Waals surface area contributed by atoms with Gasteiger partial charge in [0.1, 0.15) is 0 Å². The van der Waals surface area contributed by atoms with Crippen LogP contribution in [0.1, 0.15) is 45.1 Å². The average molecular weight is 307 g/mol. The molecule has 1 atom stereocenters. The first kappa shape index (κ1) is 17.9. The fourth-order valence-electron chi connectivity index (χ4n) is 2.18. The molecule has 0 aromatic carbocycles. The summed E-state index contributed by atoms with van der Waals surface area (Å²) in [6.07, 6.45) is 8.53. The van der Waals surface area contributed by atoms with E-state index in [1.54, 1.807) is 7.05 Å². The van der Waals surface area contributed by atoms with Crippen LogP contribution in [0.5, 0.6) is 0 Å². The van der Waals surface area contributed by atoms with Crippen LogP contribution < -0.4 is 16.6 Å². The van der Waals surface area contributed by atoms with Crippen molar-refractivity contribution in [2.45, 2.75) is 45.6 Å². The lowest BCUT2D eigenvalue weighted by Gasteiger charge is -2.11.